The molecule has 0 bridgehead atoms. The lowest BCUT2D eigenvalue weighted by Gasteiger charge is -2.23. The Hall–Kier alpha value is -3.43. The molecule has 38 heavy (non-hydrogen) atoms. The molecule has 9 heteroatoms. The van der Waals surface area contributed by atoms with Gasteiger partial charge in [-0.25, -0.2) is 4.98 Å². The van der Waals surface area contributed by atoms with Crippen LogP contribution in [-0.4, -0.2) is 54.0 Å². The topological polar surface area (TPSA) is 92.8 Å². The normalized spacial score (nSPS) is 19.0. The minimum absolute atomic E-state index is 0.0307. The Balaban J connectivity index is 1.14. The number of anilines is 1. The van der Waals surface area contributed by atoms with Crippen molar-refractivity contribution in [2.45, 2.75) is 51.1 Å². The van der Waals surface area contributed by atoms with Gasteiger partial charge in [-0.15, -0.1) is 11.3 Å². The van der Waals surface area contributed by atoms with Crippen molar-refractivity contribution in [2.24, 2.45) is 0 Å². The summed E-state index contributed by atoms with van der Waals surface area (Å²) < 4.78 is 11.3. The average Bonchev–Trinajstić information content (AvgIpc) is 3.55. The molecule has 1 aliphatic heterocycles. The Morgan fingerprint density at radius 1 is 1.08 bits per heavy atom. The summed E-state index contributed by atoms with van der Waals surface area (Å²) in [6.07, 6.45) is 3.50. The van der Waals surface area contributed by atoms with E-state index in [0.717, 1.165) is 61.6 Å². The van der Waals surface area contributed by atoms with Crippen molar-refractivity contribution in [2.75, 3.05) is 31.6 Å². The van der Waals surface area contributed by atoms with Crippen LogP contribution in [0.3, 0.4) is 0 Å². The highest BCUT2D eigenvalue weighted by molar-refractivity contribution is 7.15. The second-order valence-electron chi connectivity index (χ2n) is 9.69. The summed E-state index contributed by atoms with van der Waals surface area (Å²) >= 11 is 1.46. The lowest BCUT2D eigenvalue weighted by Crippen LogP contribution is -2.40. The molecular weight excluding hydrogens is 500 g/mol. The average molecular weight is 535 g/mol. The Labute approximate surface area is 227 Å². The first-order chi connectivity index (χ1) is 18.6. The van der Waals surface area contributed by atoms with Gasteiger partial charge in [-0.3, -0.25) is 19.8 Å². The third-order valence-corrected chi connectivity index (χ3v) is 7.96. The van der Waals surface area contributed by atoms with Crippen LogP contribution in [0.1, 0.15) is 48.2 Å². The van der Waals surface area contributed by atoms with Gasteiger partial charge < -0.3 is 14.8 Å². The maximum atomic E-state index is 13.3. The van der Waals surface area contributed by atoms with Crippen LogP contribution in [0.4, 0.5) is 5.13 Å². The van der Waals surface area contributed by atoms with Crippen LogP contribution in [0.15, 0.2) is 54.6 Å². The third kappa shape index (κ3) is 6.52. The van der Waals surface area contributed by atoms with E-state index in [2.05, 4.69) is 26.6 Å². The van der Waals surface area contributed by atoms with Gasteiger partial charge in [-0.05, 0) is 50.8 Å². The zero-order chi connectivity index (χ0) is 26.3. The van der Waals surface area contributed by atoms with Crippen molar-refractivity contribution in [1.29, 1.82) is 0 Å². The highest BCUT2D eigenvalue weighted by Gasteiger charge is 2.33. The number of aromatic nitrogens is 1. The van der Waals surface area contributed by atoms with Gasteiger partial charge in [-0.1, -0.05) is 36.4 Å². The van der Waals surface area contributed by atoms with Crippen molar-refractivity contribution < 1.29 is 19.1 Å². The van der Waals surface area contributed by atoms with Crippen LogP contribution in [0.5, 0.6) is 11.5 Å². The minimum Gasteiger partial charge on any atom is -0.494 e. The number of hydrogen-bond acceptors (Lipinski definition) is 7. The third-order valence-electron chi connectivity index (χ3n) is 6.92. The molecule has 2 aliphatic rings. The van der Waals surface area contributed by atoms with Crippen molar-refractivity contribution >= 4 is 28.3 Å². The molecule has 2 unspecified atom stereocenters. The number of amides is 2. The van der Waals surface area contributed by atoms with Gasteiger partial charge in [0.25, 0.3) is 5.91 Å². The number of aryl methyl sites for hydroxylation is 1. The van der Waals surface area contributed by atoms with Crippen molar-refractivity contribution in [3.8, 4) is 11.5 Å². The fraction of sp³-hybridized carbons (Fsp3) is 0.414. The number of para-hydroxylation sites is 2. The van der Waals surface area contributed by atoms with Gasteiger partial charge in [0.1, 0.15) is 11.5 Å². The standard InChI is InChI=1S/C29H34N4O4S/c1-2-36-24-13-7-6-9-20(24)17-33-16-15-21(18-33)30-28(35)23-12-8-14-25-27(23)32-29(38-25)31-26(34)19-37-22-10-4-3-5-11-22/h3-7,9-11,13,21,23H,2,8,12,14-19H2,1H3,(H,30,35)(H,31,32,34). The zero-order valence-corrected chi connectivity index (χ0v) is 22.5. The molecule has 2 heterocycles. The molecule has 1 saturated heterocycles. The molecule has 8 nitrogen and oxygen atoms in total. The molecule has 2 N–H and O–H groups in total. The predicted molar refractivity (Wildman–Crippen MR) is 148 cm³/mol. The Morgan fingerprint density at radius 2 is 1.89 bits per heavy atom. The van der Waals surface area contributed by atoms with Gasteiger partial charge in [-0.2, -0.15) is 0 Å². The summed E-state index contributed by atoms with van der Waals surface area (Å²) in [4.78, 5) is 33.8. The van der Waals surface area contributed by atoms with Crippen molar-refractivity contribution in [3.63, 3.8) is 0 Å². The van der Waals surface area contributed by atoms with E-state index in [-0.39, 0.29) is 30.4 Å². The SMILES string of the molecule is CCOc1ccccc1CN1CCC(NC(=O)C2CCCc3sc(NC(=O)COc4ccccc4)nc32)C1. The zero-order valence-electron chi connectivity index (χ0n) is 21.7. The van der Waals surface area contributed by atoms with Gasteiger partial charge >= 0.3 is 0 Å². The first kappa shape index (κ1) is 26.2. The number of thiazole rings is 1. The monoisotopic (exact) mass is 534 g/mol. The van der Waals surface area contributed by atoms with Crippen LogP contribution in [0.25, 0.3) is 0 Å². The molecule has 0 radical (unpaired) electrons. The number of nitrogens with one attached hydrogen (secondary N) is 2. The second kappa shape index (κ2) is 12.4. The molecule has 0 spiro atoms. The highest BCUT2D eigenvalue weighted by atomic mass is 32.1. The number of carbonyl (C=O) groups is 2. The van der Waals surface area contributed by atoms with Crippen LogP contribution >= 0.6 is 11.3 Å². The van der Waals surface area contributed by atoms with Gasteiger partial charge in [0, 0.05) is 36.1 Å². The largest absolute Gasteiger partial charge is 0.494 e. The smallest absolute Gasteiger partial charge is 0.264 e. The Bertz CT molecular complexity index is 1250. The van der Waals surface area contributed by atoms with E-state index >= 15 is 0 Å². The molecular formula is C29H34N4O4S. The van der Waals surface area contributed by atoms with Gasteiger partial charge in [0.2, 0.25) is 5.91 Å². The summed E-state index contributed by atoms with van der Waals surface area (Å²) in [5.74, 6) is 1.05. The molecule has 1 fully saturated rings. The number of ether oxygens (including phenoxy) is 2. The number of carbonyl (C=O) groups excluding carboxylic acids is 2. The summed E-state index contributed by atoms with van der Waals surface area (Å²) in [6, 6.07) is 17.5. The van der Waals surface area contributed by atoms with E-state index in [1.54, 1.807) is 0 Å². The van der Waals surface area contributed by atoms with Crippen molar-refractivity contribution in [1.82, 2.24) is 15.2 Å². The highest BCUT2D eigenvalue weighted by Crippen LogP contribution is 2.37. The van der Waals surface area contributed by atoms with E-state index in [9.17, 15) is 9.59 Å². The fourth-order valence-electron chi connectivity index (χ4n) is 5.12. The molecule has 0 saturated carbocycles. The lowest BCUT2D eigenvalue weighted by atomic mass is 9.90. The van der Waals surface area contributed by atoms with E-state index in [1.807, 2.05) is 55.5 Å². The quantitative estimate of drug-likeness (QED) is 0.401. The van der Waals surface area contributed by atoms with Crippen LogP contribution < -0.4 is 20.1 Å². The van der Waals surface area contributed by atoms with Crippen LogP contribution in [0, 0.1) is 0 Å². The lowest BCUT2D eigenvalue weighted by molar-refractivity contribution is -0.123. The van der Waals surface area contributed by atoms with E-state index < -0.39 is 0 Å². The van der Waals surface area contributed by atoms with Gasteiger partial charge in [0.15, 0.2) is 11.7 Å². The molecule has 2 aromatic carbocycles. The molecule has 2 atom stereocenters. The number of hydrogen-bond donors (Lipinski definition) is 2. The fourth-order valence-corrected chi connectivity index (χ4v) is 6.20. The number of fused-ring (bicyclic) bond motifs is 1. The number of rotatable bonds is 10. The van der Waals surface area contributed by atoms with Crippen LogP contribution in [-0.2, 0) is 22.6 Å². The molecule has 200 valence electrons. The van der Waals surface area contributed by atoms with Gasteiger partial charge in [0.05, 0.1) is 18.2 Å². The molecule has 1 aromatic heterocycles. The first-order valence-electron chi connectivity index (χ1n) is 13.3. The molecule has 5 rings (SSSR count). The van der Waals surface area contributed by atoms with E-state index in [1.165, 1.54) is 16.9 Å². The number of nitrogens with zero attached hydrogens (tertiary/aromatic N) is 2. The number of likely N-dealkylation sites (tertiary alicyclic amines) is 1. The van der Waals surface area contributed by atoms with Crippen molar-refractivity contribution in [3.05, 3.63) is 70.7 Å². The van der Waals surface area contributed by atoms with E-state index in [4.69, 9.17) is 9.47 Å². The molecule has 1 aliphatic carbocycles. The summed E-state index contributed by atoms with van der Waals surface area (Å²) in [7, 11) is 0. The predicted octanol–water partition coefficient (Wildman–Crippen LogP) is 4.37. The minimum atomic E-state index is -0.283. The maximum absolute atomic E-state index is 13.3. The summed E-state index contributed by atoms with van der Waals surface area (Å²) in [6.45, 7) is 5.09. The summed E-state index contributed by atoms with van der Waals surface area (Å²) in [5.41, 5.74) is 1.97. The molecule has 2 amide bonds. The van der Waals surface area contributed by atoms with Crippen LogP contribution in [0.2, 0.25) is 0 Å². The Morgan fingerprint density at radius 3 is 2.74 bits per heavy atom. The molecule has 3 aromatic rings. The van der Waals surface area contributed by atoms with E-state index in [0.29, 0.717) is 17.5 Å². The first-order valence-corrected chi connectivity index (χ1v) is 14.1. The maximum Gasteiger partial charge on any atom is 0.264 e. The number of benzene rings is 2. The summed E-state index contributed by atoms with van der Waals surface area (Å²) in [5, 5.41) is 6.64. The Kier molecular flexibility index (Phi) is 8.55. The second-order valence-corrected chi connectivity index (χ2v) is 10.8.